The van der Waals surface area contributed by atoms with Gasteiger partial charge in [-0.15, -0.1) is 0 Å². The smallest absolute Gasteiger partial charge is 0.116 e. The maximum absolute atomic E-state index is 11.4. The fourth-order valence-corrected chi connectivity index (χ4v) is 21.6. The first-order chi connectivity index (χ1) is 56.1. The number of benzene rings is 22. The van der Waals surface area contributed by atoms with Crippen LogP contribution in [0.4, 0.5) is 0 Å². The van der Waals surface area contributed by atoms with Crippen LogP contribution in [0.2, 0.25) is 0 Å². The monoisotopic (exact) mass is 1450 g/mol. The number of fused-ring (bicyclic) bond motifs is 24. The fourth-order valence-electron chi connectivity index (χ4n) is 21.6. The van der Waals surface area contributed by atoms with Gasteiger partial charge in [-0.3, -0.25) is 0 Å². The van der Waals surface area contributed by atoms with E-state index in [0.29, 0.717) is 0 Å². The maximum atomic E-state index is 11.4. The van der Waals surface area contributed by atoms with Gasteiger partial charge in [0.25, 0.3) is 0 Å². The van der Waals surface area contributed by atoms with E-state index < -0.39 is 16.2 Å². The van der Waals surface area contributed by atoms with E-state index in [4.69, 9.17) is 0 Å². The number of phenolic OH excluding ortho intramolecular Hbond substituents is 3. The van der Waals surface area contributed by atoms with E-state index in [2.05, 4.69) is 346 Å². The third kappa shape index (κ3) is 8.59. The normalized spacial score (nSPS) is 16.6. The molecular formula is C111H66O3. The Morgan fingerprint density at radius 2 is 0.307 bits per heavy atom. The van der Waals surface area contributed by atoms with Crippen LogP contribution >= 0.6 is 0 Å². The molecule has 3 aliphatic carbocycles. The van der Waals surface area contributed by atoms with Crippen LogP contribution in [-0.2, 0) is 16.2 Å². The third-order valence-electron chi connectivity index (χ3n) is 26.5. The van der Waals surface area contributed by atoms with E-state index in [0.717, 1.165) is 115 Å². The molecule has 528 valence electrons. The molecule has 0 spiro atoms. The first kappa shape index (κ1) is 63.2. The number of aromatic hydroxyl groups is 3. The van der Waals surface area contributed by atoms with Crippen LogP contribution in [0.15, 0.2) is 382 Å². The van der Waals surface area contributed by atoms with E-state index in [1.165, 1.54) is 115 Å². The van der Waals surface area contributed by atoms with Crippen LogP contribution in [0.25, 0.3) is 163 Å². The van der Waals surface area contributed by atoms with E-state index in [-0.39, 0.29) is 17.2 Å². The molecule has 3 nitrogen and oxygen atoms in total. The molecule has 0 heterocycles. The molecule has 0 amide bonds. The molecule has 22 aromatic carbocycles. The molecule has 25 rings (SSSR count). The second kappa shape index (κ2) is 23.0. The minimum absolute atomic E-state index is 0.218. The Kier molecular flexibility index (Phi) is 12.7. The lowest BCUT2D eigenvalue weighted by atomic mass is 9.60. The molecule has 0 aliphatic heterocycles. The van der Waals surface area contributed by atoms with E-state index in [9.17, 15) is 15.3 Å². The highest BCUT2D eigenvalue weighted by Crippen LogP contribution is 2.73. The van der Waals surface area contributed by atoms with Gasteiger partial charge in [0.05, 0.1) is 16.2 Å². The SMILES string of the molecule is Oc1ccc2cc(C3(c4ccc5cc6cc7ccccc7cc6cc5c4)c4ccccc4-c4c3c3c(c5c4C(c4ccc6cc(O)ccc6c4)(c4ccc6cc7cc8ccccc8cc7cc6c4)c4ccccc4-5)C(c4ccc5cc(O)ccc5c4)(c4ccc5cc6cc7ccccc7cc6cc5c4)c4ccccc4-3)ccc2c1. The molecule has 114 heavy (non-hydrogen) atoms. The van der Waals surface area contributed by atoms with Crippen molar-refractivity contribution in [1.82, 2.24) is 0 Å². The minimum Gasteiger partial charge on any atom is -0.508 e. The molecule has 0 saturated heterocycles. The Morgan fingerprint density at radius 3 is 0.553 bits per heavy atom. The first-order valence-electron chi connectivity index (χ1n) is 39.5. The minimum atomic E-state index is -1.09. The van der Waals surface area contributed by atoms with Gasteiger partial charge in [-0.2, -0.15) is 0 Å². The largest absolute Gasteiger partial charge is 0.508 e. The number of hydrogen-bond donors (Lipinski definition) is 3. The summed E-state index contributed by atoms with van der Waals surface area (Å²) in [7, 11) is 0. The molecule has 3 N–H and O–H groups in total. The Hall–Kier alpha value is -14.6. The molecule has 3 unspecified atom stereocenters. The standard InChI is InChI=1S/C111H66O3/c112-94-40-31-73-55-88(37-28-76(73)61-94)109(91-34-25-70-49-79-43-64-13-1-4-16-67(64)46-82(79)52-85(70)58-91)100-22-10-7-19-97(100)103-106(109)104-98-20-8-11-23-101(98)110(89-38-29-77-62-95(113)41-32-74(77)56-89,92-35-26-71-50-80-44-65-14-2-5-17-68(65)47-83(80)53-86(71)59-92)108(104)105-99-21-9-12-24-102(99)111(107(103)105,90-39-30-78-63-96(114)42-33-75(78)57-90)93-36-27-72-51-81-45-66-15-3-6-18-69(66)48-84(81)54-87(72)60-93/h1-63,112-114H. The van der Waals surface area contributed by atoms with Crippen LogP contribution < -0.4 is 0 Å². The molecule has 22 aromatic rings. The first-order valence-corrected chi connectivity index (χ1v) is 39.5. The van der Waals surface area contributed by atoms with Gasteiger partial charge in [0, 0.05) is 0 Å². The molecule has 3 heteroatoms. The zero-order valence-corrected chi connectivity index (χ0v) is 61.7. The third-order valence-corrected chi connectivity index (χ3v) is 26.5. The summed E-state index contributed by atoms with van der Waals surface area (Å²) in [6.45, 7) is 0. The Morgan fingerprint density at radius 1 is 0.140 bits per heavy atom. The summed E-state index contributed by atoms with van der Waals surface area (Å²) >= 11 is 0. The second-order valence-electron chi connectivity index (χ2n) is 32.3. The highest BCUT2D eigenvalue weighted by molar-refractivity contribution is 6.14. The molecule has 0 saturated carbocycles. The van der Waals surface area contributed by atoms with Gasteiger partial charge in [-0.05, 0) is 375 Å². The summed E-state index contributed by atoms with van der Waals surface area (Å²) in [6, 6.07) is 143. The highest BCUT2D eigenvalue weighted by Gasteiger charge is 2.61. The molecular weight excluding hydrogens is 1380 g/mol. The zero-order valence-electron chi connectivity index (χ0n) is 61.7. The van der Waals surface area contributed by atoms with Crippen molar-refractivity contribution in [2.75, 3.05) is 0 Å². The van der Waals surface area contributed by atoms with Crippen LogP contribution in [0.1, 0.15) is 66.8 Å². The maximum Gasteiger partial charge on any atom is 0.116 e. The van der Waals surface area contributed by atoms with E-state index in [1.54, 1.807) is 0 Å². The summed E-state index contributed by atoms with van der Waals surface area (Å²) in [5, 5.41) is 61.2. The fraction of sp³-hybridized carbons (Fsp3) is 0.0270. The van der Waals surface area contributed by atoms with Crippen LogP contribution in [0.5, 0.6) is 17.2 Å². The van der Waals surface area contributed by atoms with Gasteiger partial charge < -0.3 is 15.3 Å². The Bertz CT molecular complexity index is 7350. The Labute approximate surface area is 656 Å². The average molecular weight is 1450 g/mol. The van der Waals surface area contributed by atoms with Crippen LogP contribution in [0.3, 0.4) is 0 Å². The molecule has 3 atom stereocenters. The number of phenols is 3. The molecule has 0 radical (unpaired) electrons. The molecule has 3 aliphatic rings. The Balaban J connectivity index is 0.915. The lowest BCUT2D eigenvalue weighted by Gasteiger charge is -2.40. The van der Waals surface area contributed by atoms with Crippen molar-refractivity contribution in [3.8, 4) is 50.6 Å². The topological polar surface area (TPSA) is 60.7 Å². The van der Waals surface area contributed by atoms with Gasteiger partial charge in [0.2, 0.25) is 0 Å². The van der Waals surface area contributed by atoms with Crippen molar-refractivity contribution in [3.63, 3.8) is 0 Å². The van der Waals surface area contributed by atoms with Crippen molar-refractivity contribution in [1.29, 1.82) is 0 Å². The summed E-state index contributed by atoms with van der Waals surface area (Å²) in [5.41, 5.74) is 17.5. The number of hydrogen-bond acceptors (Lipinski definition) is 3. The van der Waals surface area contributed by atoms with Crippen molar-refractivity contribution in [3.05, 3.63) is 449 Å². The predicted molar refractivity (Wildman–Crippen MR) is 473 cm³/mol. The van der Waals surface area contributed by atoms with Crippen molar-refractivity contribution < 1.29 is 15.3 Å². The summed E-state index contributed by atoms with van der Waals surface area (Å²) < 4.78 is 0. The van der Waals surface area contributed by atoms with Gasteiger partial charge in [0.15, 0.2) is 0 Å². The van der Waals surface area contributed by atoms with Crippen molar-refractivity contribution in [2.24, 2.45) is 0 Å². The highest BCUT2D eigenvalue weighted by atomic mass is 16.3. The molecule has 0 fully saturated rings. The quantitative estimate of drug-likeness (QED) is 0.145. The van der Waals surface area contributed by atoms with Crippen molar-refractivity contribution in [2.45, 2.75) is 16.2 Å². The van der Waals surface area contributed by atoms with E-state index >= 15 is 0 Å². The number of rotatable bonds is 6. The van der Waals surface area contributed by atoms with Crippen LogP contribution in [0, 0.1) is 0 Å². The van der Waals surface area contributed by atoms with Crippen molar-refractivity contribution >= 4 is 129 Å². The molecule has 0 bridgehead atoms. The van der Waals surface area contributed by atoms with Crippen LogP contribution in [-0.4, -0.2) is 15.3 Å². The molecule has 0 aromatic heterocycles. The van der Waals surface area contributed by atoms with Gasteiger partial charge in [-0.25, -0.2) is 0 Å². The lowest BCUT2D eigenvalue weighted by molar-refractivity contribution is 0.475. The van der Waals surface area contributed by atoms with Gasteiger partial charge in [-0.1, -0.05) is 237 Å². The zero-order chi connectivity index (χ0) is 75.0. The van der Waals surface area contributed by atoms with Gasteiger partial charge in [0.1, 0.15) is 17.2 Å². The second-order valence-corrected chi connectivity index (χ2v) is 32.3. The van der Waals surface area contributed by atoms with E-state index in [1.807, 2.05) is 36.4 Å². The predicted octanol–water partition coefficient (Wildman–Crippen LogP) is 27.7. The average Bonchev–Trinajstić information content (AvgIpc) is 1.46. The summed E-state index contributed by atoms with van der Waals surface area (Å²) in [4.78, 5) is 0. The lowest BCUT2D eigenvalue weighted by Crippen LogP contribution is -2.33. The summed E-state index contributed by atoms with van der Waals surface area (Å²) in [6.07, 6.45) is 0. The van der Waals surface area contributed by atoms with Gasteiger partial charge >= 0.3 is 0 Å². The summed E-state index contributed by atoms with van der Waals surface area (Å²) in [5.74, 6) is 0.653.